The predicted molar refractivity (Wildman–Crippen MR) is 318 cm³/mol. The largest absolute Gasteiger partial charge is 0.0912 e. The quantitative estimate of drug-likeness (QED) is 0.146. The third-order valence-corrected chi connectivity index (χ3v) is 13.8. The van der Waals surface area contributed by atoms with Gasteiger partial charge in [0.1, 0.15) is 0 Å². The molecule has 72 heavy (non-hydrogen) atoms. The lowest BCUT2D eigenvalue weighted by Crippen LogP contribution is -2.20. The van der Waals surface area contributed by atoms with Crippen molar-refractivity contribution in [1.82, 2.24) is 0 Å². The van der Waals surface area contributed by atoms with Gasteiger partial charge in [-0.05, 0) is 190 Å². The summed E-state index contributed by atoms with van der Waals surface area (Å²) in [7, 11) is 0. The van der Waals surface area contributed by atoms with E-state index in [4.69, 9.17) is 0 Å². The summed E-state index contributed by atoms with van der Waals surface area (Å²) in [4.78, 5) is 0. The Morgan fingerprint density at radius 2 is 0.722 bits per heavy atom. The van der Waals surface area contributed by atoms with Gasteiger partial charge in [0.25, 0.3) is 0 Å². The predicted octanol–water partition coefficient (Wildman–Crippen LogP) is 19.1. The van der Waals surface area contributed by atoms with E-state index in [1.165, 1.54) is 120 Å². The Hall–Kier alpha value is -8.84. The van der Waals surface area contributed by atoms with Gasteiger partial charge in [0.15, 0.2) is 0 Å². The number of fused-ring (bicyclic) bond motifs is 5. The van der Waals surface area contributed by atoms with Crippen molar-refractivity contribution in [1.29, 1.82) is 0 Å². The zero-order valence-corrected chi connectivity index (χ0v) is 41.6. The first-order valence-corrected chi connectivity index (χ1v) is 25.0. The zero-order valence-electron chi connectivity index (χ0n) is 41.6. The van der Waals surface area contributed by atoms with Crippen LogP contribution in [0.1, 0.15) is 37.5 Å². The summed E-state index contributed by atoms with van der Waals surface area (Å²) in [6.07, 6.45) is 10.4. The Morgan fingerprint density at radius 1 is 0.319 bits per heavy atom. The molecule has 0 aliphatic carbocycles. The lowest BCUT2D eigenvalue weighted by Gasteiger charge is -2.18. The van der Waals surface area contributed by atoms with Crippen LogP contribution < -0.4 is 10.4 Å². The smallest absolute Gasteiger partial charge is 0.00262 e. The highest BCUT2D eigenvalue weighted by atomic mass is 14.2. The first-order valence-electron chi connectivity index (χ1n) is 25.0. The van der Waals surface area contributed by atoms with Crippen LogP contribution in [0.4, 0.5) is 0 Å². The van der Waals surface area contributed by atoms with Gasteiger partial charge in [0, 0.05) is 0 Å². The van der Waals surface area contributed by atoms with Gasteiger partial charge in [-0.3, -0.25) is 0 Å². The second kappa shape index (κ2) is 21.4. The molecule has 12 aromatic carbocycles. The maximum absolute atomic E-state index is 3.86. The first-order chi connectivity index (χ1) is 35.4. The van der Waals surface area contributed by atoms with E-state index in [-0.39, 0.29) is 0 Å². The summed E-state index contributed by atoms with van der Waals surface area (Å²) < 4.78 is 0. The second-order valence-electron chi connectivity index (χ2n) is 18.4. The van der Waals surface area contributed by atoms with E-state index in [0.717, 1.165) is 5.22 Å². The molecule has 0 aliphatic heterocycles. The molecule has 0 fully saturated rings. The van der Waals surface area contributed by atoms with Gasteiger partial charge < -0.3 is 0 Å². The molecule has 0 saturated heterocycles. The fourth-order valence-corrected chi connectivity index (χ4v) is 10.1. The molecule has 0 unspecified atom stereocenters. The van der Waals surface area contributed by atoms with E-state index in [0.29, 0.717) is 0 Å². The van der Waals surface area contributed by atoms with Gasteiger partial charge in [-0.15, -0.1) is 0 Å². The minimum absolute atomic E-state index is 1.10. The molecule has 0 amide bonds. The van der Waals surface area contributed by atoms with Crippen LogP contribution in [0, 0.1) is 6.92 Å². The van der Waals surface area contributed by atoms with Crippen molar-refractivity contribution in [2.24, 2.45) is 0 Å². The Bertz CT molecular complexity index is 4050. The fourth-order valence-electron chi connectivity index (χ4n) is 10.1. The molecule has 12 aromatic rings. The molecule has 0 nitrogen and oxygen atoms in total. The van der Waals surface area contributed by atoms with Gasteiger partial charge in [0.05, 0.1) is 0 Å². The van der Waals surface area contributed by atoms with Crippen LogP contribution in [-0.4, -0.2) is 0 Å². The summed E-state index contributed by atoms with van der Waals surface area (Å²) in [6.45, 7) is 12.1. The van der Waals surface area contributed by atoms with E-state index < -0.39 is 0 Å². The number of rotatable bonds is 6. The van der Waals surface area contributed by atoms with Crippen molar-refractivity contribution in [3.05, 3.63) is 276 Å². The zero-order chi connectivity index (χ0) is 49.4. The summed E-state index contributed by atoms with van der Waals surface area (Å²) in [5.41, 5.74) is 13.9. The maximum atomic E-state index is 3.86. The van der Waals surface area contributed by atoms with Crippen LogP contribution in [0.3, 0.4) is 0 Å². The molecule has 0 aromatic heterocycles. The highest BCUT2D eigenvalue weighted by Crippen LogP contribution is 2.45. The Labute approximate surface area is 424 Å². The molecule has 0 heteroatoms. The third kappa shape index (κ3) is 9.95. The van der Waals surface area contributed by atoms with Gasteiger partial charge in [-0.1, -0.05) is 237 Å². The van der Waals surface area contributed by atoms with Crippen molar-refractivity contribution in [2.45, 2.75) is 27.7 Å². The Morgan fingerprint density at radius 3 is 1.22 bits per heavy atom. The number of benzene rings is 12. The van der Waals surface area contributed by atoms with E-state index in [2.05, 4.69) is 262 Å². The first kappa shape index (κ1) is 46.9. The highest BCUT2D eigenvalue weighted by molar-refractivity contribution is 6.22. The molecular weight excluding hydrogens is 865 g/mol. The van der Waals surface area contributed by atoms with E-state index >= 15 is 0 Å². The lowest BCUT2D eigenvalue weighted by molar-refractivity contribution is 1.43. The van der Waals surface area contributed by atoms with E-state index in [1.54, 1.807) is 0 Å². The SMILES string of the molecule is C/C=C\c1cc(/C=C/C)ccc1C.C=c1cccc/c1=C/C.c1cc(-c2ccc3cc(-c4ccc5ccccc5c4)ccc3c2)cc(-c2c3ccccc3c(-c3ccc4ccccc4c3)c3ccccc23)c1. The molecule has 0 saturated carbocycles. The third-order valence-electron chi connectivity index (χ3n) is 13.8. The minimum atomic E-state index is 1.10. The second-order valence-corrected chi connectivity index (χ2v) is 18.4. The molecule has 0 atom stereocenters. The summed E-state index contributed by atoms with van der Waals surface area (Å²) in [5, 5.41) is 15.0. The number of hydrogen-bond donors (Lipinski definition) is 0. The molecule has 0 radical (unpaired) electrons. The molecule has 0 spiro atoms. The van der Waals surface area contributed by atoms with Crippen LogP contribution in [0.15, 0.2) is 249 Å². The van der Waals surface area contributed by atoms with Crippen molar-refractivity contribution in [2.75, 3.05) is 0 Å². The molecule has 0 N–H and O–H groups in total. The van der Waals surface area contributed by atoms with Crippen molar-refractivity contribution < 1.29 is 0 Å². The molecule has 0 heterocycles. The molecule has 346 valence electrons. The van der Waals surface area contributed by atoms with E-state index in [9.17, 15) is 0 Å². The standard InChI is InChI=1S/C50H32.C13H16.C9H10/c1-3-12-35-28-39(22-20-33(35)10-1)41-26-25-40-29-38(23-24-42(40)30-41)37-14-9-15-43(32-37)49-45-16-5-7-18-47(45)50(48-19-8-6-17-46(48)49)44-27-21-34-11-2-4-13-36(34)31-44;1-4-6-12-9-8-11(3)13(10-12)7-5-2;1-3-9-7-5-4-6-8(9)2/h1-32H;4-10H,1-3H3;3-7H,2H2,1H3/b;6-4+,7-5-;9-3-. The Balaban J connectivity index is 0.000000224. The van der Waals surface area contributed by atoms with Crippen LogP contribution in [0.5, 0.6) is 0 Å². The van der Waals surface area contributed by atoms with Gasteiger partial charge >= 0.3 is 0 Å². The fraction of sp³-hybridized carbons (Fsp3) is 0.0556. The van der Waals surface area contributed by atoms with E-state index in [1.807, 2.05) is 39.0 Å². The van der Waals surface area contributed by atoms with Gasteiger partial charge in [-0.25, -0.2) is 0 Å². The van der Waals surface area contributed by atoms with Crippen LogP contribution in [-0.2, 0) is 0 Å². The summed E-state index contributed by atoms with van der Waals surface area (Å²) in [6, 6.07) is 86.0. The van der Waals surface area contributed by atoms with Crippen LogP contribution >= 0.6 is 0 Å². The number of hydrogen-bond acceptors (Lipinski definition) is 0. The number of allylic oxidation sites excluding steroid dienone is 2. The van der Waals surface area contributed by atoms with Gasteiger partial charge in [-0.2, -0.15) is 0 Å². The summed E-state index contributed by atoms with van der Waals surface area (Å²) >= 11 is 0. The normalized spacial score (nSPS) is 11.6. The van der Waals surface area contributed by atoms with Crippen molar-refractivity contribution in [3.63, 3.8) is 0 Å². The topological polar surface area (TPSA) is 0 Å². The maximum Gasteiger partial charge on any atom is -0.00262 e. The summed E-state index contributed by atoms with van der Waals surface area (Å²) in [5.74, 6) is 0. The molecular formula is C72H58. The monoisotopic (exact) mass is 922 g/mol. The number of aryl methyl sites for hydroxylation is 1. The average Bonchev–Trinajstić information content (AvgIpc) is 3.43. The van der Waals surface area contributed by atoms with Gasteiger partial charge in [0.2, 0.25) is 0 Å². The van der Waals surface area contributed by atoms with Crippen molar-refractivity contribution in [3.8, 4) is 44.5 Å². The molecule has 12 rings (SSSR count). The van der Waals surface area contributed by atoms with Crippen LogP contribution in [0.25, 0.3) is 123 Å². The van der Waals surface area contributed by atoms with Crippen molar-refractivity contribution >= 4 is 78.7 Å². The average molecular weight is 923 g/mol. The molecule has 0 bridgehead atoms. The van der Waals surface area contributed by atoms with Crippen LogP contribution in [0.2, 0.25) is 0 Å². The lowest BCUT2D eigenvalue weighted by atomic mass is 9.85. The highest BCUT2D eigenvalue weighted by Gasteiger charge is 2.17. The Kier molecular flexibility index (Phi) is 14.0. The molecule has 0 aliphatic rings. The minimum Gasteiger partial charge on any atom is -0.0912 e.